The fourth-order valence-electron chi connectivity index (χ4n) is 5.70. The molecule has 6 nitrogen and oxygen atoms in total. The third kappa shape index (κ3) is 28.8. The molecule has 0 saturated heterocycles. The average molecular weight is 1180 g/mol. The van der Waals surface area contributed by atoms with Crippen LogP contribution in [0.1, 0.15) is 106 Å². The Morgan fingerprint density at radius 1 is 0.717 bits per heavy atom. The molecule has 17 heteroatoms. The number of ether oxygens (including phenoxy) is 1. The molecule has 0 heterocycles. The average Bonchev–Trinajstić information content (AvgIpc) is 3.18. The Morgan fingerprint density at radius 2 is 1.28 bits per heavy atom. The van der Waals surface area contributed by atoms with Crippen LogP contribution in [0, 0.1) is 0 Å². The first-order valence-corrected chi connectivity index (χ1v) is 44.9. The van der Waals surface area contributed by atoms with E-state index in [1.165, 1.54) is 21.7 Å². The second-order valence-electron chi connectivity index (χ2n) is 13.2. The van der Waals surface area contributed by atoms with Gasteiger partial charge in [0.15, 0.2) is 0 Å². The number of hydrogen-bond acceptors (Lipinski definition) is 12. The molecule has 310 valence electrons. The predicted molar refractivity (Wildman–Crippen MR) is 260 cm³/mol. The van der Waals surface area contributed by atoms with Crippen LogP contribution in [-0.2, 0) is 20.1 Å². The van der Waals surface area contributed by atoms with E-state index in [0.717, 1.165) is 99.8 Å². The molecule has 0 rings (SSSR count). The van der Waals surface area contributed by atoms with E-state index in [4.69, 9.17) is 28.0 Å². The first kappa shape index (κ1) is 56.7. The monoisotopic (exact) mass is 1180 g/mol. The van der Waals surface area contributed by atoms with Gasteiger partial charge in [-0.1, -0.05) is 0 Å². The molecule has 0 aliphatic carbocycles. The summed E-state index contributed by atoms with van der Waals surface area (Å²) < 4.78 is 48.2. The zero-order valence-electron chi connectivity index (χ0n) is 34.2. The zero-order chi connectivity index (χ0) is 39.5. The molecule has 0 bridgehead atoms. The van der Waals surface area contributed by atoms with Crippen molar-refractivity contribution in [2.75, 3.05) is 59.8 Å². The van der Waals surface area contributed by atoms with E-state index in [2.05, 4.69) is 107 Å². The quantitative estimate of drug-likeness (QED) is 0.0241. The maximum absolute atomic E-state index is 6.70. The Labute approximate surface area is 373 Å². The summed E-state index contributed by atoms with van der Waals surface area (Å²) >= 11 is 9.69. The molecule has 53 heavy (non-hydrogen) atoms. The number of rotatable bonds is 40. The van der Waals surface area contributed by atoms with Gasteiger partial charge in [0, 0.05) is 0 Å². The fourth-order valence-corrected chi connectivity index (χ4v) is 42.5. The van der Waals surface area contributed by atoms with Crippen molar-refractivity contribution in [1.82, 2.24) is 0 Å². The van der Waals surface area contributed by atoms with Gasteiger partial charge < -0.3 is 0 Å². The van der Waals surface area contributed by atoms with E-state index >= 15 is 0 Å². The molecule has 0 aromatic rings. The van der Waals surface area contributed by atoms with Crippen LogP contribution in [0.25, 0.3) is 0 Å². The summed E-state index contributed by atoms with van der Waals surface area (Å²) in [6.45, 7) is 15.9. The minimum atomic E-state index is -3.41. The van der Waals surface area contributed by atoms with Crippen LogP contribution in [0.4, 0.5) is 0 Å². The molecule has 4 unspecified atom stereocenters. The molecule has 0 N–H and O–H groups in total. The van der Waals surface area contributed by atoms with Crippen molar-refractivity contribution in [3.05, 3.63) is 21.8 Å². The Morgan fingerprint density at radius 3 is 1.89 bits per heavy atom. The van der Waals surface area contributed by atoms with Crippen molar-refractivity contribution >= 4 is 142 Å². The first-order chi connectivity index (χ1) is 25.7. The summed E-state index contributed by atoms with van der Waals surface area (Å²) in [5.41, 5.74) is 0. The summed E-state index contributed by atoms with van der Waals surface area (Å²) in [5.74, 6) is 4.34. The van der Waals surface area contributed by atoms with Gasteiger partial charge in [-0.2, -0.15) is 0 Å². The van der Waals surface area contributed by atoms with Gasteiger partial charge in [-0.25, -0.2) is 0 Å². The topological polar surface area (TPSA) is 55.4 Å². The minimum absolute atomic E-state index is 0.243. The summed E-state index contributed by atoms with van der Waals surface area (Å²) in [6, 6.07) is -0.243. The van der Waals surface area contributed by atoms with Gasteiger partial charge in [0.1, 0.15) is 0 Å². The van der Waals surface area contributed by atoms with E-state index in [1.807, 2.05) is 29.5 Å². The van der Waals surface area contributed by atoms with Gasteiger partial charge in [0.2, 0.25) is 0 Å². The van der Waals surface area contributed by atoms with Crippen LogP contribution in [0.2, 0.25) is 22.2 Å². The molecule has 0 aromatic carbocycles. The Kier molecular flexibility index (Phi) is 41.3. The van der Waals surface area contributed by atoms with Crippen molar-refractivity contribution in [3.63, 3.8) is 0 Å². The van der Waals surface area contributed by atoms with Crippen LogP contribution >= 0.6 is 72.7 Å². The van der Waals surface area contributed by atoms with Crippen LogP contribution in [0.3, 0.4) is 0 Å². The molecule has 0 amide bonds. The Hall–Kier alpha value is 3.71. The van der Waals surface area contributed by atoms with Gasteiger partial charge in [0.25, 0.3) is 0 Å². The van der Waals surface area contributed by atoms with Gasteiger partial charge in [-0.05, 0) is 0 Å². The fraction of sp³-hybridized carbons (Fsp3) is 0.889. The first-order valence-electron chi connectivity index (χ1n) is 20.4. The molecule has 2 radical (unpaired) electrons. The van der Waals surface area contributed by atoms with E-state index in [-0.39, 0.29) is 6.00 Å². The normalized spacial score (nSPS) is 16.2. The molecule has 0 aliphatic heterocycles. The number of hydrogen-bond donors (Lipinski definition) is 3. The molecule has 0 aromatic heterocycles. The Bertz CT molecular complexity index is 856. The van der Waals surface area contributed by atoms with E-state index < -0.39 is 57.2 Å². The summed E-state index contributed by atoms with van der Waals surface area (Å²) in [5, 5.41) is 2.17. The van der Waals surface area contributed by atoms with Crippen molar-refractivity contribution in [1.29, 1.82) is 0 Å². The van der Waals surface area contributed by atoms with Gasteiger partial charge >= 0.3 is 378 Å². The molecule has 0 aliphatic rings. The summed E-state index contributed by atoms with van der Waals surface area (Å²) in [7, 11) is 6.38. The van der Waals surface area contributed by atoms with Crippen LogP contribution in [-0.4, -0.2) is 135 Å². The van der Waals surface area contributed by atoms with Gasteiger partial charge in [-0.3, -0.25) is 0 Å². The molecule has 4 atom stereocenters. The number of thiol groups is 3. The van der Waals surface area contributed by atoms with Gasteiger partial charge in [0.05, 0.1) is 0 Å². The third-order valence-electron chi connectivity index (χ3n) is 8.61. The number of unbranched alkanes of at least 4 members (excludes halogenated alkanes) is 3. The maximum atomic E-state index is 6.70. The van der Waals surface area contributed by atoms with Crippen LogP contribution in [0.15, 0.2) is 21.8 Å². The van der Waals surface area contributed by atoms with Gasteiger partial charge in [-0.15, -0.1) is 0 Å². The molecule has 0 saturated carbocycles. The second-order valence-corrected chi connectivity index (χ2v) is 48.2. The molecule has 0 spiro atoms. The van der Waals surface area contributed by atoms with E-state index in [1.54, 1.807) is 0 Å². The Balaban J connectivity index is 5.95. The molecule has 0 fully saturated rings. The summed E-state index contributed by atoms with van der Waals surface area (Å²) in [4.78, 5) is 0. The standard InChI is InChI=1S/C8H15BOS3.3C4H9.C4H7.C3H6BO.C3H7O.3C2H5OS.3Sn/c1-3-6-11-9(12-7-4-2)13-8-5-10;4*1-3-4-2;1-2-3(4)5;1-3-4-2;3*3-1-2-4;;;/h5,8,10H,1-4,6-7H2;3*1,3-4H2,2H3;1,3H,4H2,2H3;3H,2H2,1H3;2-3H2,1H3;3*4H,1-2H2;;;/q;;;;;-1;;3*-1;+1;2*+2/p-1/b8-5-;;;;;;;;;;;;. The van der Waals surface area contributed by atoms with Crippen molar-refractivity contribution in [2.45, 2.75) is 134 Å². The van der Waals surface area contributed by atoms with Crippen molar-refractivity contribution in [2.24, 2.45) is 0 Å². The summed E-state index contributed by atoms with van der Waals surface area (Å²) in [6.07, 6.45) is 15.2. The van der Waals surface area contributed by atoms with E-state index in [0.29, 0.717) is 29.3 Å². The van der Waals surface area contributed by atoms with Crippen molar-refractivity contribution in [3.8, 4) is 0 Å². The van der Waals surface area contributed by atoms with E-state index in [9.17, 15) is 0 Å². The molecular weight excluding hydrogens is 1100 g/mol. The second kappa shape index (κ2) is 38.6. The SMILES string of the molecule is [B]C(CC)[O][Sn]([CH2]CCC)([CH2]CCSB(S/C=C\[O][Sn](/[CH]=C\CC)([CH2]CCC)[O]CCS)SCC[CH2][Sn]([CH2]CCC)([CH2]OCC)[O]CCS)[O]CCS. The van der Waals surface area contributed by atoms with Crippen molar-refractivity contribution < 1.29 is 20.1 Å². The molecular formula is C36H76B2O6S6Sn3. The van der Waals surface area contributed by atoms with Crippen LogP contribution in [0.5, 0.6) is 0 Å². The zero-order valence-corrected chi connectivity index (χ0v) is 47.9. The number of allylic oxidation sites excluding steroid dienone is 1. The van der Waals surface area contributed by atoms with Crippen LogP contribution < -0.4 is 0 Å². The third-order valence-corrected chi connectivity index (χ3v) is 44.3. The predicted octanol–water partition coefficient (Wildman–Crippen LogP) is 11.5.